The number of phenols is 2. The quantitative estimate of drug-likeness (QED) is 0.511. The fourth-order valence-electron chi connectivity index (χ4n) is 3.63. The van der Waals surface area contributed by atoms with Crippen molar-refractivity contribution in [3.05, 3.63) is 72.0 Å². The van der Waals surface area contributed by atoms with Crippen LogP contribution in [-0.2, 0) is 7.05 Å². The number of benzene rings is 1. The summed E-state index contributed by atoms with van der Waals surface area (Å²) >= 11 is 0. The molecule has 1 aliphatic rings. The number of rotatable bonds is 2. The van der Waals surface area contributed by atoms with Crippen molar-refractivity contribution in [2.45, 2.75) is 0 Å². The lowest BCUT2D eigenvalue weighted by Gasteiger charge is -2.05. The molecule has 0 atom stereocenters. The van der Waals surface area contributed by atoms with Crippen molar-refractivity contribution in [2.75, 3.05) is 0 Å². The van der Waals surface area contributed by atoms with Crippen molar-refractivity contribution in [1.82, 2.24) is 14.5 Å². The highest BCUT2D eigenvalue weighted by molar-refractivity contribution is 6.17. The first-order valence-electron chi connectivity index (χ1n) is 8.87. The maximum Gasteiger partial charge on any atom is 0.235 e. The minimum absolute atomic E-state index is 0.0416. The van der Waals surface area contributed by atoms with Gasteiger partial charge in [0.15, 0.2) is 5.76 Å². The number of aromatic nitrogens is 3. The molecule has 5 rings (SSSR count). The normalized spacial score (nSPS) is 14.4. The van der Waals surface area contributed by atoms with Crippen LogP contribution in [-0.4, -0.2) is 30.5 Å². The molecule has 0 unspecified atom stereocenters. The number of aromatic hydroxyl groups is 2. The Morgan fingerprint density at radius 3 is 2.83 bits per heavy atom. The van der Waals surface area contributed by atoms with Gasteiger partial charge in [0.25, 0.3) is 0 Å². The van der Waals surface area contributed by atoms with Crippen LogP contribution in [0.1, 0.15) is 15.9 Å². The standard InChI is InChI=1S/C22H15N3O4/c1-25-11-13(7-18-21(28)20-16(27)8-14(26)9-17(20)29-18)19-15(4-6-24-22(19)25)12-3-2-5-23-10-12/h2-11,26-27H,1H3. The highest BCUT2D eigenvalue weighted by Crippen LogP contribution is 2.41. The molecule has 4 heterocycles. The van der Waals surface area contributed by atoms with E-state index in [0.29, 0.717) is 0 Å². The van der Waals surface area contributed by atoms with Gasteiger partial charge in [-0.15, -0.1) is 0 Å². The molecule has 0 amide bonds. The van der Waals surface area contributed by atoms with E-state index in [0.717, 1.165) is 33.8 Å². The lowest BCUT2D eigenvalue weighted by atomic mass is 10.0. The molecule has 0 fully saturated rings. The first kappa shape index (κ1) is 17.0. The summed E-state index contributed by atoms with van der Waals surface area (Å²) in [6, 6.07) is 8.14. The SMILES string of the molecule is Cn1cc(C=C2Oc3cc(O)cc(O)c3C2=O)c2c(-c3cccnc3)ccnc21. The summed E-state index contributed by atoms with van der Waals surface area (Å²) in [5.74, 6) is -0.743. The Hall–Kier alpha value is -4.13. The number of phenolic OH excluding ortho intramolecular Hbond substituents is 2. The summed E-state index contributed by atoms with van der Waals surface area (Å²) in [6.07, 6.45) is 8.70. The topological polar surface area (TPSA) is 97.5 Å². The second kappa shape index (κ2) is 6.20. The summed E-state index contributed by atoms with van der Waals surface area (Å²) < 4.78 is 7.51. The number of ether oxygens (including phenoxy) is 1. The molecule has 0 saturated carbocycles. The third-order valence-corrected chi connectivity index (χ3v) is 4.88. The maximum atomic E-state index is 12.8. The van der Waals surface area contributed by atoms with Crippen LogP contribution in [0.2, 0.25) is 0 Å². The molecule has 0 spiro atoms. The van der Waals surface area contributed by atoms with Crippen molar-refractivity contribution < 1.29 is 19.7 Å². The van der Waals surface area contributed by atoms with Crippen molar-refractivity contribution in [3.8, 4) is 28.4 Å². The number of allylic oxidation sites excluding steroid dienone is 1. The number of hydrogen-bond acceptors (Lipinski definition) is 6. The number of aryl methyl sites for hydroxylation is 1. The summed E-state index contributed by atoms with van der Waals surface area (Å²) in [7, 11) is 1.88. The molecule has 0 radical (unpaired) electrons. The Kier molecular flexibility index (Phi) is 3.64. The van der Waals surface area contributed by atoms with Crippen LogP contribution < -0.4 is 4.74 Å². The number of nitrogens with zero attached hydrogens (tertiary/aromatic N) is 3. The van der Waals surface area contributed by atoms with Crippen molar-refractivity contribution in [3.63, 3.8) is 0 Å². The molecule has 29 heavy (non-hydrogen) atoms. The highest BCUT2D eigenvalue weighted by Gasteiger charge is 2.31. The van der Waals surface area contributed by atoms with Gasteiger partial charge in [-0.25, -0.2) is 4.98 Å². The number of Topliss-reactive ketones (excluding diaryl/α,β-unsaturated/α-hetero) is 1. The number of pyridine rings is 2. The van der Waals surface area contributed by atoms with Gasteiger partial charge in [0.1, 0.15) is 28.5 Å². The summed E-state index contributed by atoms with van der Waals surface area (Å²) in [4.78, 5) is 21.4. The van der Waals surface area contributed by atoms with Gasteiger partial charge in [-0.05, 0) is 23.8 Å². The average molecular weight is 385 g/mol. The minimum atomic E-state index is -0.443. The van der Waals surface area contributed by atoms with Gasteiger partial charge in [-0.3, -0.25) is 9.78 Å². The monoisotopic (exact) mass is 385 g/mol. The van der Waals surface area contributed by atoms with Gasteiger partial charge in [0.2, 0.25) is 5.78 Å². The van der Waals surface area contributed by atoms with E-state index in [-0.39, 0.29) is 28.6 Å². The number of carbonyl (C=O) groups excluding carboxylic acids is 1. The Bertz CT molecular complexity index is 1320. The second-order valence-corrected chi connectivity index (χ2v) is 6.77. The summed E-state index contributed by atoms with van der Waals surface area (Å²) in [5, 5.41) is 20.5. The van der Waals surface area contributed by atoms with Gasteiger partial charge in [-0.2, -0.15) is 0 Å². The Labute approximate surface area is 165 Å². The molecular formula is C22H15N3O4. The maximum absolute atomic E-state index is 12.8. The van der Waals surface area contributed by atoms with Crippen LogP contribution in [0, 0.1) is 0 Å². The van der Waals surface area contributed by atoms with Crippen LogP contribution in [0.15, 0.2) is 60.9 Å². The Morgan fingerprint density at radius 2 is 2.03 bits per heavy atom. The predicted molar refractivity (Wildman–Crippen MR) is 107 cm³/mol. The lowest BCUT2D eigenvalue weighted by molar-refractivity contribution is 0.101. The number of hydrogen-bond donors (Lipinski definition) is 2. The van der Waals surface area contributed by atoms with Gasteiger partial charge in [-0.1, -0.05) is 6.07 Å². The average Bonchev–Trinajstić information content (AvgIpc) is 3.19. The molecule has 7 nitrogen and oxygen atoms in total. The minimum Gasteiger partial charge on any atom is -0.508 e. The molecule has 0 saturated heterocycles. The van der Waals surface area contributed by atoms with Crippen molar-refractivity contribution in [1.29, 1.82) is 0 Å². The zero-order chi connectivity index (χ0) is 20.1. The van der Waals surface area contributed by atoms with E-state index in [2.05, 4.69) is 9.97 Å². The van der Waals surface area contributed by atoms with Crippen LogP contribution >= 0.6 is 0 Å². The lowest BCUT2D eigenvalue weighted by Crippen LogP contribution is -1.98. The van der Waals surface area contributed by atoms with E-state index in [1.165, 1.54) is 6.07 Å². The number of ketones is 1. The molecule has 1 aromatic carbocycles. The summed E-state index contributed by atoms with van der Waals surface area (Å²) in [6.45, 7) is 0. The van der Waals surface area contributed by atoms with Crippen LogP contribution in [0.5, 0.6) is 17.2 Å². The van der Waals surface area contributed by atoms with E-state index in [9.17, 15) is 15.0 Å². The largest absolute Gasteiger partial charge is 0.508 e. The number of carbonyl (C=O) groups is 1. The zero-order valence-corrected chi connectivity index (χ0v) is 15.3. The van der Waals surface area contributed by atoms with E-state index in [4.69, 9.17) is 4.74 Å². The van der Waals surface area contributed by atoms with E-state index in [1.54, 1.807) is 24.7 Å². The molecule has 1 aliphatic heterocycles. The van der Waals surface area contributed by atoms with E-state index >= 15 is 0 Å². The van der Waals surface area contributed by atoms with Crippen molar-refractivity contribution in [2.24, 2.45) is 7.05 Å². The van der Waals surface area contributed by atoms with E-state index in [1.807, 2.05) is 36.0 Å². The molecule has 4 aromatic rings. The van der Waals surface area contributed by atoms with Crippen LogP contribution in [0.4, 0.5) is 0 Å². The number of fused-ring (bicyclic) bond motifs is 2. The molecule has 2 N–H and O–H groups in total. The van der Waals surface area contributed by atoms with Gasteiger partial charge >= 0.3 is 0 Å². The van der Waals surface area contributed by atoms with Gasteiger partial charge in [0.05, 0.1) is 0 Å². The molecule has 142 valence electrons. The molecule has 0 bridgehead atoms. The predicted octanol–water partition coefficient (Wildman–Crippen LogP) is 3.66. The Morgan fingerprint density at radius 1 is 1.17 bits per heavy atom. The van der Waals surface area contributed by atoms with Crippen LogP contribution in [0.3, 0.4) is 0 Å². The van der Waals surface area contributed by atoms with Crippen molar-refractivity contribution >= 4 is 22.9 Å². The Balaban J connectivity index is 1.69. The van der Waals surface area contributed by atoms with Gasteiger partial charge < -0.3 is 19.5 Å². The van der Waals surface area contributed by atoms with E-state index < -0.39 is 5.78 Å². The molecule has 3 aromatic heterocycles. The fourth-order valence-corrected chi connectivity index (χ4v) is 3.63. The van der Waals surface area contributed by atoms with Gasteiger partial charge in [0, 0.05) is 60.5 Å². The second-order valence-electron chi connectivity index (χ2n) is 6.77. The third-order valence-electron chi connectivity index (χ3n) is 4.88. The third kappa shape index (κ3) is 2.63. The molecule has 0 aliphatic carbocycles. The first-order valence-corrected chi connectivity index (χ1v) is 8.87. The molecule has 7 heteroatoms. The smallest absolute Gasteiger partial charge is 0.235 e. The summed E-state index contributed by atoms with van der Waals surface area (Å²) in [5.41, 5.74) is 3.39. The highest BCUT2D eigenvalue weighted by atomic mass is 16.5. The fraction of sp³-hybridized carbons (Fsp3) is 0.0455. The first-order chi connectivity index (χ1) is 14.0. The zero-order valence-electron chi connectivity index (χ0n) is 15.3. The van der Waals surface area contributed by atoms with Crippen LogP contribution in [0.25, 0.3) is 28.2 Å². The molecular weight excluding hydrogens is 370 g/mol.